The summed E-state index contributed by atoms with van der Waals surface area (Å²) >= 11 is 0. The number of benzene rings is 2. The standard InChI is InChI=1S/C23H25N7O3/c1-28(2)18-5-3-4-17(14-18)23-24-22(26-33-23)16-6-7-20-19(15-16)25-27-30(20)9-8-21(31)29-10-12-32-13-11-29/h3-7,14-15H,8-13H2,1-2H3. The van der Waals surface area contributed by atoms with E-state index in [1.165, 1.54) is 0 Å². The molecule has 10 nitrogen and oxygen atoms in total. The van der Waals surface area contributed by atoms with Crippen LogP contribution in [0, 0.1) is 0 Å². The fourth-order valence-electron chi connectivity index (χ4n) is 3.82. The molecule has 170 valence electrons. The van der Waals surface area contributed by atoms with Crippen molar-refractivity contribution in [1.29, 1.82) is 0 Å². The van der Waals surface area contributed by atoms with Crippen molar-refractivity contribution in [1.82, 2.24) is 30.0 Å². The van der Waals surface area contributed by atoms with Crippen LogP contribution in [0.1, 0.15) is 6.42 Å². The molecule has 1 saturated heterocycles. The van der Waals surface area contributed by atoms with E-state index in [0.717, 1.165) is 22.3 Å². The molecule has 4 aromatic rings. The van der Waals surface area contributed by atoms with Crippen LogP contribution in [-0.2, 0) is 16.1 Å². The summed E-state index contributed by atoms with van der Waals surface area (Å²) in [5.41, 5.74) is 4.27. The highest BCUT2D eigenvalue weighted by Crippen LogP contribution is 2.26. The van der Waals surface area contributed by atoms with Crippen molar-refractivity contribution in [2.24, 2.45) is 0 Å². The van der Waals surface area contributed by atoms with Crippen LogP contribution in [0.4, 0.5) is 5.69 Å². The van der Waals surface area contributed by atoms with Gasteiger partial charge in [0.25, 0.3) is 5.89 Å². The Morgan fingerprint density at radius 3 is 2.76 bits per heavy atom. The number of nitrogens with zero attached hydrogens (tertiary/aromatic N) is 7. The predicted molar refractivity (Wildman–Crippen MR) is 123 cm³/mol. The summed E-state index contributed by atoms with van der Waals surface area (Å²) in [6.07, 6.45) is 0.375. The van der Waals surface area contributed by atoms with E-state index < -0.39 is 0 Å². The van der Waals surface area contributed by atoms with E-state index in [9.17, 15) is 4.79 Å². The number of aromatic nitrogens is 5. The maximum Gasteiger partial charge on any atom is 0.258 e. The Morgan fingerprint density at radius 2 is 1.94 bits per heavy atom. The molecule has 0 unspecified atom stereocenters. The molecule has 1 aliphatic rings. The average molecular weight is 447 g/mol. The first-order valence-electron chi connectivity index (χ1n) is 10.9. The molecule has 0 bridgehead atoms. The molecule has 2 aromatic carbocycles. The Hall–Kier alpha value is -3.79. The van der Waals surface area contributed by atoms with E-state index in [1.54, 1.807) is 4.68 Å². The normalized spacial score (nSPS) is 14.1. The highest BCUT2D eigenvalue weighted by Gasteiger charge is 2.18. The Balaban J connectivity index is 1.32. The molecule has 0 N–H and O–H groups in total. The van der Waals surface area contributed by atoms with Crippen LogP contribution < -0.4 is 4.90 Å². The van der Waals surface area contributed by atoms with Crippen LogP contribution in [0.5, 0.6) is 0 Å². The summed E-state index contributed by atoms with van der Waals surface area (Å²) in [6.45, 7) is 2.96. The van der Waals surface area contributed by atoms with Gasteiger partial charge in [-0.2, -0.15) is 4.98 Å². The third-order valence-corrected chi connectivity index (χ3v) is 5.71. The molecule has 3 heterocycles. The van der Waals surface area contributed by atoms with Gasteiger partial charge >= 0.3 is 0 Å². The second-order valence-corrected chi connectivity index (χ2v) is 8.13. The highest BCUT2D eigenvalue weighted by molar-refractivity contribution is 5.80. The van der Waals surface area contributed by atoms with Crippen LogP contribution in [0.3, 0.4) is 0 Å². The minimum absolute atomic E-state index is 0.108. The van der Waals surface area contributed by atoms with Gasteiger partial charge in [-0.3, -0.25) is 4.79 Å². The van der Waals surface area contributed by atoms with E-state index >= 15 is 0 Å². The monoisotopic (exact) mass is 447 g/mol. The zero-order valence-corrected chi connectivity index (χ0v) is 18.6. The van der Waals surface area contributed by atoms with Gasteiger partial charge in [-0.1, -0.05) is 16.4 Å². The number of hydrogen-bond acceptors (Lipinski definition) is 8. The van der Waals surface area contributed by atoms with Gasteiger partial charge in [0.15, 0.2) is 0 Å². The molecule has 33 heavy (non-hydrogen) atoms. The van der Waals surface area contributed by atoms with Crippen LogP contribution in [0.25, 0.3) is 33.9 Å². The molecule has 10 heteroatoms. The number of rotatable bonds is 6. The van der Waals surface area contributed by atoms with Crippen molar-refractivity contribution in [3.63, 3.8) is 0 Å². The summed E-state index contributed by atoms with van der Waals surface area (Å²) in [7, 11) is 3.97. The topological polar surface area (TPSA) is 102 Å². The first kappa shape index (κ1) is 21.1. The Morgan fingerprint density at radius 1 is 1.09 bits per heavy atom. The maximum atomic E-state index is 12.4. The largest absolute Gasteiger partial charge is 0.378 e. The van der Waals surface area contributed by atoms with Crippen molar-refractivity contribution in [3.8, 4) is 22.8 Å². The molecule has 2 aromatic heterocycles. The van der Waals surface area contributed by atoms with Crippen LogP contribution in [0.15, 0.2) is 47.0 Å². The molecule has 1 fully saturated rings. The smallest absolute Gasteiger partial charge is 0.258 e. The summed E-state index contributed by atoms with van der Waals surface area (Å²) < 4.78 is 12.6. The number of amides is 1. The molecule has 0 spiro atoms. The van der Waals surface area contributed by atoms with Gasteiger partial charge in [0.2, 0.25) is 11.7 Å². The van der Waals surface area contributed by atoms with Crippen LogP contribution in [-0.4, -0.2) is 76.3 Å². The van der Waals surface area contributed by atoms with Crippen LogP contribution >= 0.6 is 0 Å². The first-order chi connectivity index (χ1) is 16.1. The van der Waals surface area contributed by atoms with Gasteiger partial charge < -0.3 is 19.1 Å². The molecule has 0 atom stereocenters. The molecule has 0 aliphatic carbocycles. The first-order valence-corrected chi connectivity index (χ1v) is 10.9. The zero-order valence-electron chi connectivity index (χ0n) is 18.6. The molecule has 1 amide bonds. The molecular formula is C23H25N7O3. The van der Waals surface area contributed by atoms with Gasteiger partial charge in [-0.05, 0) is 36.4 Å². The van der Waals surface area contributed by atoms with Gasteiger partial charge in [-0.25, -0.2) is 4.68 Å². The minimum Gasteiger partial charge on any atom is -0.378 e. The Bertz CT molecular complexity index is 1270. The molecule has 5 rings (SSSR count). The summed E-state index contributed by atoms with van der Waals surface area (Å²) in [6, 6.07) is 13.6. The number of morpholine rings is 1. The van der Waals surface area contributed by atoms with E-state index in [4.69, 9.17) is 9.26 Å². The molecule has 0 radical (unpaired) electrons. The number of aryl methyl sites for hydroxylation is 1. The lowest BCUT2D eigenvalue weighted by atomic mass is 10.1. The van der Waals surface area contributed by atoms with Crippen molar-refractivity contribution in [3.05, 3.63) is 42.5 Å². The molecular weight excluding hydrogens is 422 g/mol. The van der Waals surface area contributed by atoms with Gasteiger partial charge in [0, 0.05) is 50.4 Å². The van der Waals surface area contributed by atoms with E-state index in [-0.39, 0.29) is 5.91 Å². The fourth-order valence-corrected chi connectivity index (χ4v) is 3.82. The summed E-state index contributed by atoms with van der Waals surface area (Å²) in [5, 5.41) is 12.6. The second kappa shape index (κ2) is 8.99. The van der Waals surface area contributed by atoms with Crippen molar-refractivity contribution >= 4 is 22.6 Å². The number of anilines is 1. The lowest BCUT2D eigenvalue weighted by Gasteiger charge is -2.26. The van der Waals surface area contributed by atoms with Gasteiger partial charge in [-0.15, -0.1) is 5.10 Å². The predicted octanol–water partition coefficient (Wildman–Crippen LogP) is 2.46. The van der Waals surface area contributed by atoms with Gasteiger partial charge in [0.05, 0.1) is 25.3 Å². The number of carbonyl (C=O) groups is 1. The lowest BCUT2D eigenvalue weighted by molar-refractivity contribution is -0.135. The highest BCUT2D eigenvalue weighted by atomic mass is 16.5. The minimum atomic E-state index is 0.108. The molecule has 0 saturated carbocycles. The fraction of sp³-hybridized carbons (Fsp3) is 0.348. The van der Waals surface area contributed by atoms with Crippen LogP contribution in [0.2, 0.25) is 0 Å². The van der Waals surface area contributed by atoms with E-state index in [1.807, 2.05) is 66.4 Å². The number of fused-ring (bicyclic) bond motifs is 1. The second-order valence-electron chi connectivity index (χ2n) is 8.13. The number of hydrogen-bond donors (Lipinski definition) is 0. The molecule has 1 aliphatic heterocycles. The summed E-state index contributed by atoms with van der Waals surface area (Å²) in [5.74, 6) is 1.05. The SMILES string of the molecule is CN(C)c1cccc(-c2nc(-c3ccc4c(c3)nnn4CCC(=O)N3CCOCC3)no2)c1. The third kappa shape index (κ3) is 4.42. The quantitative estimate of drug-likeness (QED) is 0.444. The average Bonchev–Trinajstić information content (AvgIpc) is 3.50. The third-order valence-electron chi connectivity index (χ3n) is 5.71. The maximum absolute atomic E-state index is 12.4. The Labute approximate surface area is 190 Å². The zero-order chi connectivity index (χ0) is 22.8. The number of carbonyl (C=O) groups excluding carboxylic acids is 1. The summed E-state index contributed by atoms with van der Waals surface area (Å²) in [4.78, 5) is 20.8. The van der Waals surface area contributed by atoms with Crippen molar-refractivity contribution < 1.29 is 14.1 Å². The lowest BCUT2D eigenvalue weighted by Crippen LogP contribution is -2.41. The van der Waals surface area contributed by atoms with E-state index in [0.29, 0.717) is 56.5 Å². The Kier molecular flexibility index (Phi) is 5.74. The number of ether oxygens (including phenoxy) is 1. The van der Waals surface area contributed by atoms with Crippen molar-refractivity contribution in [2.75, 3.05) is 45.3 Å². The van der Waals surface area contributed by atoms with E-state index in [2.05, 4.69) is 20.5 Å². The van der Waals surface area contributed by atoms with Gasteiger partial charge in [0.1, 0.15) is 5.52 Å². The van der Waals surface area contributed by atoms with Crippen molar-refractivity contribution in [2.45, 2.75) is 13.0 Å².